The zero-order chi connectivity index (χ0) is 36.3. The molecule has 3 atom stereocenters. The van der Waals surface area contributed by atoms with E-state index in [1.165, 1.54) is 11.9 Å². The molecule has 3 amide bonds. The molecule has 50 heavy (non-hydrogen) atoms. The van der Waals surface area contributed by atoms with E-state index < -0.39 is 35.8 Å². The minimum absolute atomic E-state index is 0.191. The van der Waals surface area contributed by atoms with Crippen LogP contribution in [0.25, 0.3) is 11.1 Å². The molecule has 0 bridgehead atoms. The standard InChI is InChI=1S/C39H45N5O4.CH5N/c1-44(36(25-28-11-4-2-5-12-28)38(47)42-34(27-45)17-8-9-22-40)39(48)35(43-37(46)33-16-10-13-30(23-33)26-41)24-29-18-20-32(21-19-29)31-14-6-3-7-15-31;1-2/h2-7,10-16,18-21,23,27,34-36H,8-9,17,22,24-26,40-41H2,1H3,(H,42,47)(H,43,46);2H2,1H3/t34?,35-,36?;/m1./s1. The van der Waals surface area contributed by atoms with Crippen molar-refractivity contribution < 1.29 is 19.2 Å². The van der Waals surface area contributed by atoms with Gasteiger partial charge in [0.05, 0.1) is 6.04 Å². The lowest BCUT2D eigenvalue weighted by Gasteiger charge is -2.32. The van der Waals surface area contributed by atoms with Gasteiger partial charge in [0, 0.05) is 32.0 Å². The predicted octanol–water partition coefficient (Wildman–Crippen LogP) is 3.61. The molecule has 0 heterocycles. The van der Waals surface area contributed by atoms with Crippen molar-refractivity contribution in [1.29, 1.82) is 0 Å². The van der Waals surface area contributed by atoms with Gasteiger partial charge in [0.1, 0.15) is 18.4 Å². The Bertz CT molecular complexity index is 1630. The number of rotatable bonds is 17. The van der Waals surface area contributed by atoms with Crippen LogP contribution in [0.15, 0.2) is 109 Å². The Labute approximate surface area is 295 Å². The van der Waals surface area contributed by atoms with Crippen LogP contribution in [0.5, 0.6) is 0 Å². The number of nitrogens with one attached hydrogen (secondary N) is 2. The SMILES string of the molecule is CN.CN(C(=O)[C@@H](Cc1ccc(-c2ccccc2)cc1)NC(=O)c1cccc(CN)c1)C(Cc1ccccc1)C(=O)NC(C=O)CCCCN. The van der Waals surface area contributed by atoms with Crippen LogP contribution in [0, 0.1) is 0 Å². The van der Waals surface area contributed by atoms with Gasteiger partial charge in [0.25, 0.3) is 5.91 Å². The van der Waals surface area contributed by atoms with Crippen LogP contribution in [0.1, 0.15) is 46.3 Å². The van der Waals surface area contributed by atoms with E-state index in [9.17, 15) is 19.2 Å². The Morgan fingerprint density at radius 3 is 1.94 bits per heavy atom. The Kier molecular flexibility index (Phi) is 16.5. The Hall–Kier alpha value is -5.16. The third-order valence-corrected chi connectivity index (χ3v) is 8.38. The van der Waals surface area contributed by atoms with Gasteiger partial charge in [-0.15, -0.1) is 0 Å². The fraction of sp³-hybridized carbons (Fsp3) is 0.300. The van der Waals surface area contributed by atoms with Crippen molar-refractivity contribution >= 4 is 24.0 Å². The molecule has 0 aliphatic rings. The van der Waals surface area contributed by atoms with Crippen LogP contribution in [-0.4, -0.2) is 67.7 Å². The van der Waals surface area contributed by atoms with Crippen molar-refractivity contribution in [3.8, 4) is 11.1 Å². The molecule has 264 valence electrons. The van der Waals surface area contributed by atoms with Crippen LogP contribution in [0.3, 0.4) is 0 Å². The van der Waals surface area contributed by atoms with Crippen molar-refractivity contribution in [2.75, 3.05) is 20.6 Å². The van der Waals surface area contributed by atoms with E-state index in [0.29, 0.717) is 31.2 Å². The zero-order valence-electron chi connectivity index (χ0n) is 29.0. The van der Waals surface area contributed by atoms with Crippen molar-refractivity contribution in [1.82, 2.24) is 15.5 Å². The predicted molar refractivity (Wildman–Crippen MR) is 199 cm³/mol. The molecule has 2 unspecified atom stereocenters. The highest BCUT2D eigenvalue weighted by molar-refractivity contribution is 5.98. The highest BCUT2D eigenvalue weighted by atomic mass is 16.2. The van der Waals surface area contributed by atoms with Crippen molar-refractivity contribution in [3.05, 3.63) is 131 Å². The summed E-state index contributed by atoms with van der Waals surface area (Å²) in [6.07, 6.45) is 2.98. The van der Waals surface area contributed by atoms with E-state index in [0.717, 1.165) is 34.2 Å². The molecule has 0 spiro atoms. The topological polar surface area (TPSA) is 174 Å². The number of aldehydes is 1. The summed E-state index contributed by atoms with van der Waals surface area (Å²) in [6, 6.07) is 31.5. The van der Waals surface area contributed by atoms with Gasteiger partial charge in [-0.25, -0.2) is 0 Å². The Balaban J connectivity index is 0.00000332. The summed E-state index contributed by atoms with van der Waals surface area (Å²) in [4.78, 5) is 54.9. The van der Waals surface area contributed by atoms with Crippen molar-refractivity contribution in [3.63, 3.8) is 0 Å². The Morgan fingerprint density at radius 1 is 0.720 bits per heavy atom. The van der Waals surface area contributed by atoms with E-state index in [4.69, 9.17) is 11.5 Å². The minimum Gasteiger partial charge on any atom is -0.345 e. The van der Waals surface area contributed by atoms with Gasteiger partial charge in [-0.2, -0.15) is 0 Å². The molecule has 0 aromatic heterocycles. The number of hydrogen-bond donors (Lipinski definition) is 5. The van der Waals surface area contributed by atoms with E-state index >= 15 is 0 Å². The van der Waals surface area contributed by atoms with E-state index in [2.05, 4.69) is 16.4 Å². The quantitative estimate of drug-likeness (QED) is 0.0838. The minimum atomic E-state index is -0.996. The summed E-state index contributed by atoms with van der Waals surface area (Å²) in [5.74, 6) is -1.32. The number of likely N-dealkylation sites (N-methyl/N-ethyl adjacent to an activating group) is 1. The van der Waals surface area contributed by atoms with Crippen LogP contribution in [0.2, 0.25) is 0 Å². The molecule has 4 aromatic rings. The average molecular weight is 679 g/mol. The maximum absolute atomic E-state index is 14.4. The molecule has 4 aromatic carbocycles. The van der Waals surface area contributed by atoms with Gasteiger partial charge in [0.2, 0.25) is 11.8 Å². The average Bonchev–Trinajstić information content (AvgIpc) is 3.17. The number of hydrogen-bond acceptors (Lipinski definition) is 7. The molecule has 0 saturated heterocycles. The summed E-state index contributed by atoms with van der Waals surface area (Å²) in [5.41, 5.74) is 20.9. The van der Waals surface area contributed by atoms with Crippen LogP contribution < -0.4 is 27.8 Å². The number of nitrogens with two attached hydrogens (primary N) is 3. The number of unbranched alkanes of at least 4 members (excludes halogenated alkanes) is 1. The van der Waals surface area contributed by atoms with Gasteiger partial charge in [-0.1, -0.05) is 97.1 Å². The van der Waals surface area contributed by atoms with Gasteiger partial charge < -0.3 is 37.5 Å². The van der Waals surface area contributed by atoms with Crippen LogP contribution in [0.4, 0.5) is 0 Å². The molecular formula is C40H50N6O4. The lowest BCUT2D eigenvalue weighted by Crippen LogP contribution is -2.56. The van der Waals surface area contributed by atoms with Gasteiger partial charge in [-0.05, 0) is 72.8 Å². The van der Waals surface area contributed by atoms with Gasteiger partial charge in [-0.3, -0.25) is 14.4 Å². The van der Waals surface area contributed by atoms with E-state index in [-0.39, 0.29) is 19.4 Å². The monoisotopic (exact) mass is 678 g/mol. The second kappa shape index (κ2) is 21.0. The second-order valence-corrected chi connectivity index (χ2v) is 11.9. The highest BCUT2D eigenvalue weighted by Crippen LogP contribution is 2.21. The summed E-state index contributed by atoms with van der Waals surface area (Å²) < 4.78 is 0. The van der Waals surface area contributed by atoms with Gasteiger partial charge in [0.15, 0.2) is 0 Å². The first-order valence-electron chi connectivity index (χ1n) is 16.9. The lowest BCUT2D eigenvalue weighted by atomic mass is 9.98. The first kappa shape index (κ1) is 39.3. The van der Waals surface area contributed by atoms with Crippen molar-refractivity contribution in [2.24, 2.45) is 17.2 Å². The third kappa shape index (κ3) is 11.8. The maximum Gasteiger partial charge on any atom is 0.251 e. The molecule has 4 rings (SSSR count). The van der Waals surface area contributed by atoms with Crippen LogP contribution >= 0.6 is 0 Å². The van der Waals surface area contributed by atoms with Gasteiger partial charge >= 0.3 is 0 Å². The molecule has 10 heteroatoms. The molecule has 0 radical (unpaired) electrons. The smallest absolute Gasteiger partial charge is 0.251 e. The lowest BCUT2D eigenvalue weighted by molar-refractivity contribution is -0.140. The molecule has 0 aliphatic heterocycles. The molecule has 0 aliphatic carbocycles. The summed E-state index contributed by atoms with van der Waals surface area (Å²) in [7, 11) is 3.06. The summed E-state index contributed by atoms with van der Waals surface area (Å²) >= 11 is 0. The largest absolute Gasteiger partial charge is 0.345 e. The number of carbonyl (C=O) groups is 4. The number of carbonyl (C=O) groups excluding carboxylic acids is 4. The molecular weight excluding hydrogens is 628 g/mol. The van der Waals surface area contributed by atoms with Crippen LogP contribution in [-0.2, 0) is 33.8 Å². The first-order chi connectivity index (χ1) is 24.3. The molecule has 8 N–H and O–H groups in total. The second-order valence-electron chi connectivity index (χ2n) is 11.9. The Morgan fingerprint density at radius 2 is 1.32 bits per heavy atom. The molecule has 0 saturated carbocycles. The third-order valence-electron chi connectivity index (χ3n) is 8.38. The fourth-order valence-electron chi connectivity index (χ4n) is 5.58. The van der Waals surface area contributed by atoms with E-state index in [1.807, 2.05) is 91.0 Å². The zero-order valence-corrected chi connectivity index (χ0v) is 29.0. The first-order valence-corrected chi connectivity index (χ1v) is 16.9. The molecule has 0 fully saturated rings. The maximum atomic E-state index is 14.4. The summed E-state index contributed by atoms with van der Waals surface area (Å²) in [5, 5.41) is 5.76. The fourth-order valence-corrected chi connectivity index (χ4v) is 5.58. The highest BCUT2D eigenvalue weighted by Gasteiger charge is 2.33. The number of nitrogens with zero attached hydrogens (tertiary/aromatic N) is 1. The normalized spacial score (nSPS) is 12.3. The van der Waals surface area contributed by atoms with Crippen molar-refractivity contribution in [2.45, 2.75) is 56.8 Å². The summed E-state index contributed by atoms with van der Waals surface area (Å²) in [6.45, 7) is 0.760. The van der Waals surface area contributed by atoms with E-state index in [1.54, 1.807) is 25.2 Å². The molecule has 10 nitrogen and oxygen atoms in total. The number of benzene rings is 4. The number of amides is 3.